The molecule has 98 valence electrons. The predicted molar refractivity (Wildman–Crippen MR) is 70.3 cm³/mol. The van der Waals surface area contributed by atoms with E-state index in [1.54, 1.807) is 0 Å². The van der Waals surface area contributed by atoms with E-state index >= 15 is 0 Å². The molecule has 0 heterocycles. The third-order valence-electron chi connectivity index (χ3n) is 3.53. The van der Waals surface area contributed by atoms with Gasteiger partial charge in [0.15, 0.2) is 0 Å². The first-order chi connectivity index (χ1) is 8.74. The molecule has 2 rings (SSSR count). The molecule has 0 atom stereocenters. The third-order valence-corrected chi connectivity index (χ3v) is 3.53. The van der Waals surface area contributed by atoms with Crippen LogP contribution in [0.3, 0.4) is 0 Å². The number of amides is 2. The van der Waals surface area contributed by atoms with Crippen molar-refractivity contribution < 1.29 is 9.90 Å². The van der Waals surface area contributed by atoms with Crippen LogP contribution in [0, 0.1) is 0 Å². The molecule has 18 heavy (non-hydrogen) atoms. The lowest BCUT2D eigenvalue weighted by Crippen LogP contribution is -2.58. The quantitative estimate of drug-likeness (QED) is 0.738. The maximum atomic E-state index is 11.7. The number of hydrogen-bond acceptors (Lipinski definition) is 2. The lowest BCUT2D eigenvalue weighted by atomic mass is 9.77. The molecule has 0 unspecified atom stereocenters. The van der Waals surface area contributed by atoms with E-state index in [0.29, 0.717) is 6.54 Å². The highest BCUT2D eigenvalue weighted by molar-refractivity contribution is 5.75. The summed E-state index contributed by atoms with van der Waals surface area (Å²) in [6.07, 6.45) is 3.64. The zero-order valence-electron chi connectivity index (χ0n) is 10.5. The Hall–Kier alpha value is -1.55. The Morgan fingerprint density at radius 3 is 2.56 bits per heavy atom. The summed E-state index contributed by atoms with van der Waals surface area (Å²) in [6.45, 7) is 0.635. The van der Waals surface area contributed by atoms with Crippen molar-refractivity contribution in [2.75, 3.05) is 13.2 Å². The van der Waals surface area contributed by atoms with Gasteiger partial charge < -0.3 is 15.7 Å². The van der Waals surface area contributed by atoms with Crippen molar-refractivity contribution >= 4 is 6.03 Å². The molecular formula is C14H20N2O2. The highest BCUT2D eigenvalue weighted by Crippen LogP contribution is 2.30. The Morgan fingerprint density at radius 2 is 2.00 bits per heavy atom. The van der Waals surface area contributed by atoms with Crippen LogP contribution in [0.15, 0.2) is 30.3 Å². The van der Waals surface area contributed by atoms with Crippen LogP contribution in [0.1, 0.15) is 24.8 Å². The first-order valence-electron chi connectivity index (χ1n) is 6.45. The van der Waals surface area contributed by atoms with Crippen LogP contribution < -0.4 is 10.6 Å². The second kappa shape index (κ2) is 5.87. The van der Waals surface area contributed by atoms with Crippen LogP contribution in [0.4, 0.5) is 4.79 Å². The molecule has 0 radical (unpaired) electrons. The van der Waals surface area contributed by atoms with E-state index in [1.165, 1.54) is 5.56 Å². The summed E-state index contributed by atoms with van der Waals surface area (Å²) in [7, 11) is 0. The molecule has 3 N–H and O–H groups in total. The second-order valence-corrected chi connectivity index (χ2v) is 4.91. The smallest absolute Gasteiger partial charge is 0.315 e. The van der Waals surface area contributed by atoms with Crippen LogP contribution in [0.5, 0.6) is 0 Å². The number of nitrogens with one attached hydrogen (secondary N) is 2. The fourth-order valence-corrected chi connectivity index (χ4v) is 2.18. The number of benzene rings is 1. The van der Waals surface area contributed by atoms with E-state index in [2.05, 4.69) is 10.6 Å². The number of aliphatic hydroxyl groups is 1. The molecule has 1 fully saturated rings. The third kappa shape index (κ3) is 3.23. The summed E-state index contributed by atoms with van der Waals surface area (Å²) in [4.78, 5) is 11.7. The normalized spacial score (nSPS) is 16.7. The Morgan fingerprint density at radius 1 is 1.28 bits per heavy atom. The molecule has 1 saturated carbocycles. The van der Waals surface area contributed by atoms with Crippen molar-refractivity contribution in [3.8, 4) is 0 Å². The molecule has 0 spiro atoms. The summed E-state index contributed by atoms with van der Waals surface area (Å²) in [5.41, 5.74) is 0.843. The van der Waals surface area contributed by atoms with Gasteiger partial charge in [0.2, 0.25) is 0 Å². The summed E-state index contributed by atoms with van der Waals surface area (Å²) >= 11 is 0. The maximum absolute atomic E-state index is 11.7. The van der Waals surface area contributed by atoms with E-state index in [1.807, 2.05) is 30.3 Å². The average molecular weight is 248 g/mol. The summed E-state index contributed by atoms with van der Waals surface area (Å²) < 4.78 is 0. The van der Waals surface area contributed by atoms with E-state index < -0.39 is 0 Å². The van der Waals surface area contributed by atoms with Gasteiger partial charge in [-0.3, -0.25) is 0 Å². The van der Waals surface area contributed by atoms with Gasteiger partial charge in [-0.15, -0.1) is 0 Å². The Balaban J connectivity index is 1.69. The number of aliphatic hydroxyl groups excluding tert-OH is 1. The predicted octanol–water partition coefficient (Wildman–Crippen LogP) is 1.44. The van der Waals surface area contributed by atoms with Gasteiger partial charge in [-0.25, -0.2) is 4.79 Å². The van der Waals surface area contributed by atoms with Crippen LogP contribution >= 0.6 is 0 Å². The van der Waals surface area contributed by atoms with Crippen molar-refractivity contribution in [2.45, 2.75) is 31.2 Å². The fourth-order valence-electron chi connectivity index (χ4n) is 2.18. The minimum atomic E-state index is -0.364. The minimum absolute atomic E-state index is 0.0269. The number of carbonyl (C=O) groups is 1. The molecule has 1 aliphatic rings. The molecule has 0 saturated heterocycles. The lowest BCUT2D eigenvalue weighted by Gasteiger charge is -2.40. The molecule has 1 aromatic rings. The van der Waals surface area contributed by atoms with Crippen molar-refractivity contribution in [3.05, 3.63) is 35.9 Å². The Bertz CT molecular complexity index is 383. The van der Waals surface area contributed by atoms with Gasteiger partial charge in [0.25, 0.3) is 0 Å². The maximum Gasteiger partial charge on any atom is 0.315 e. The van der Waals surface area contributed by atoms with Crippen LogP contribution in [0.2, 0.25) is 0 Å². The van der Waals surface area contributed by atoms with Crippen molar-refractivity contribution in [1.29, 1.82) is 0 Å². The van der Waals surface area contributed by atoms with Gasteiger partial charge in [-0.05, 0) is 31.2 Å². The van der Waals surface area contributed by atoms with Crippen molar-refractivity contribution in [3.63, 3.8) is 0 Å². The Labute approximate surface area is 107 Å². The van der Waals surface area contributed by atoms with Crippen molar-refractivity contribution in [1.82, 2.24) is 10.6 Å². The zero-order chi connectivity index (χ0) is 12.8. The molecule has 4 nitrogen and oxygen atoms in total. The molecule has 4 heteroatoms. The SMILES string of the molecule is O=C(NCCc1ccccc1)NC1(CO)CCC1. The average Bonchev–Trinajstić information content (AvgIpc) is 2.35. The molecule has 0 aliphatic heterocycles. The largest absolute Gasteiger partial charge is 0.394 e. The molecular weight excluding hydrogens is 228 g/mol. The summed E-state index contributed by atoms with van der Waals surface area (Å²) in [5, 5.41) is 14.9. The van der Waals surface area contributed by atoms with Gasteiger partial charge in [-0.2, -0.15) is 0 Å². The monoisotopic (exact) mass is 248 g/mol. The lowest BCUT2D eigenvalue weighted by molar-refractivity contribution is 0.0959. The van der Waals surface area contributed by atoms with E-state index in [-0.39, 0.29) is 18.2 Å². The van der Waals surface area contributed by atoms with Gasteiger partial charge in [0.05, 0.1) is 12.1 Å². The van der Waals surface area contributed by atoms with Gasteiger partial charge in [-0.1, -0.05) is 30.3 Å². The number of urea groups is 1. The van der Waals surface area contributed by atoms with Crippen LogP contribution in [-0.2, 0) is 6.42 Å². The first kappa shape index (κ1) is 12.9. The van der Waals surface area contributed by atoms with Crippen LogP contribution in [0.25, 0.3) is 0 Å². The molecule has 0 bridgehead atoms. The van der Waals surface area contributed by atoms with E-state index in [4.69, 9.17) is 0 Å². The number of rotatable bonds is 5. The Kier molecular flexibility index (Phi) is 4.20. The number of carbonyl (C=O) groups excluding carboxylic acids is 1. The van der Waals surface area contributed by atoms with Crippen LogP contribution in [-0.4, -0.2) is 29.8 Å². The second-order valence-electron chi connectivity index (χ2n) is 4.91. The van der Waals surface area contributed by atoms with Gasteiger partial charge in [0, 0.05) is 6.54 Å². The molecule has 1 aliphatic carbocycles. The molecule has 0 aromatic heterocycles. The molecule has 2 amide bonds. The first-order valence-corrected chi connectivity index (χ1v) is 6.45. The van der Waals surface area contributed by atoms with Gasteiger partial charge in [0.1, 0.15) is 0 Å². The number of hydrogen-bond donors (Lipinski definition) is 3. The standard InChI is InChI=1S/C14H20N2O2/c17-11-14(8-4-9-14)16-13(18)15-10-7-12-5-2-1-3-6-12/h1-3,5-6,17H,4,7-11H2,(H2,15,16,18). The highest BCUT2D eigenvalue weighted by atomic mass is 16.3. The van der Waals surface area contributed by atoms with E-state index in [9.17, 15) is 9.90 Å². The molecule has 1 aromatic carbocycles. The topological polar surface area (TPSA) is 61.4 Å². The summed E-state index contributed by atoms with van der Waals surface area (Å²) in [5.74, 6) is 0. The zero-order valence-corrected chi connectivity index (χ0v) is 10.5. The van der Waals surface area contributed by atoms with Gasteiger partial charge >= 0.3 is 6.03 Å². The fraction of sp³-hybridized carbons (Fsp3) is 0.500. The van der Waals surface area contributed by atoms with E-state index in [0.717, 1.165) is 25.7 Å². The van der Waals surface area contributed by atoms with Crippen molar-refractivity contribution in [2.24, 2.45) is 0 Å². The summed E-state index contributed by atoms with van der Waals surface area (Å²) in [6, 6.07) is 9.86. The highest BCUT2D eigenvalue weighted by Gasteiger charge is 2.37. The minimum Gasteiger partial charge on any atom is -0.394 e.